The van der Waals surface area contributed by atoms with Crippen LogP contribution in [0.2, 0.25) is 0 Å². The molecule has 354 valence electrons. The van der Waals surface area contributed by atoms with Gasteiger partial charge in [-0.3, -0.25) is 0 Å². The van der Waals surface area contributed by atoms with Crippen LogP contribution in [0.15, 0.2) is 224 Å². The van der Waals surface area contributed by atoms with Gasteiger partial charge in [0.25, 0.3) is 0 Å². The number of aryl methyl sites for hydroxylation is 2. The Kier molecular flexibility index (Phi) is 10.3. The number of thiophene rings is 2. The molecule has 0 saturated heterocycles. The monoisotopic (exact) mass is 984 g/mol. The summed E-state index contributed by atoms with van der Waals surface area (Å²) in [5, 5.41) is 12.6. The van der Waals surface area contributed by atoms with Crippen molar-refractivity contribution in [2.45, 2.75) is 40.0 Å². The molecule has 0 radical (unpaired) electrons. The van der Waals surface area contributed by atoms with E-state index in [-0.39, 0.29) is 5.41 Å². The third-order valence-corrected chi connectivity index (χ3v) is 17.6. The van der Waals surface area contributed by atoms with Crippen molar-refractivity contribution in [2.24, 2.45) is 0 Å². The van der Waals surface area contributed by atoms with E-state index in [1.807, 2.05) is 22.7 Å². The largest absolute Gasteiger partial charge is 0.308 e. The summed E-state index contributed by atoms with van der Waals surface area (Å²) in [4.78, 5) is 5.22. The number of hydrogen-bond donors (Lipinski definition) is 0. The first-order valence-electron chi connectivity index (χ1n) is 25.7. The normalized spacial score (nSPS) is 12.1. The highest BCUT2D eigenvalue weighted by molar-refractivity contribution is 7.26. The van der Waals surface area contributed by atoms with E-state index in [1.165, 1.54) is 112 Å². The summed E-state index contributed by atoms with van der Waals surface area (Å²) in [6, 6.07) is 84.6. The van der Waals surface area contributed by atoms with Crippen LogP contribution < -0.4 is 9.80 Å². The molecule has 0 N–H and O–H groups in total. The van der Waals surface area contributed by atoms with Crippen LogP contribution in [-0.2, 0) is 5.41 Å². The van der Waals surface area contributed by atoms with Gasteiger partial charge in [0.1, 0.15) is 0 Å². The number of nitrogens with zero attached hydrogens (tertiary/aromatic N) is 2. The fraction of sp³-hybridized carbons (Fsp3) is 0.0857. The molecule has 0 spiro atoms. The maximum absolute atomic E-state index is 2.61. The second-order valence-corrected chi connectivity index (χ2v) is 23.1. The fourth-order valence-electron chi connectivity index (χ4n) is 11.7. The van der Waals surface area contributed by atoms with Crippen LogP contribution in [0.4, 0.5) is 34.1 Å². The van der Waals surface area contributed by atoms with E-state index in [0.717, 1.165) is 34.1 Å². The molecular weight excluding hydrogens is 933 g/mol. The Morgan fingerprint density at radius 3 is 1.22 bits per heavy atom. The lowest BCUT2D eigenvalue weighted by Crippen LogP contribution is -2.16. The molecule has 2 aromatic heterocycles. The summed E-state index contributed by atoms with van der Waals surface area (Å²) >= 11 is 3.77. The van der Waals surface area contributed by atoms with E-state index >= 15 is 0 Å². The molecular formula is C70H52N2S2. The van der Waals surface area contributed by atoms with Crippen molar-refractivity contribution in [3.8, 4) is 22.3 Å². The summed E-state index contributed by atoms with van der Waals surface area (Å²) < 4.78 is 5.07. The molecule has 14 rings (SSSR count). The predicted molar refractivity (Wildman–Crippen MR) is 324 cm³/mol. The molecule has 2 heterocycles. The molecule has 12 aromatic carbocycles. The highest BCUT2D eigenvalue weighted by Gasteiger charge is 2.30. The van der Waals surface area contributed by atoms with Crippen molar-refractivity contribution in [1.29, 1.82) is 0 Å². The van der Waals surface area contributed by atoms with E-state index in [2.05, 4.69) is 269 Å². The van der Waals surface area contributed by atoms with Gasteiger partial charge in [-0.2, -0.15) is 0 Å². The molecule has 0 bridgehead atoms. The van der Waals surface area contributed by atoms with Gasteiger partial charge in [-0.05, 0) is 107 Å². The lowest BCUT2D eigenvalue weighted by atomic mass is 9.83. The topological polar surface area (TPSA) is 6.48 Å². The van der Waals surface area contributed by atoms with Gasteiger partial charge in [-0.1, -0.05) is 202 Å². The Balaban J connectivity index is 1.18. The second-order valence-electron chi connectivity index (χ2n) is 21.0. The van der Waals surface area contributed by atoms with Gasteiger partial charge in [-0.25, -0.2) is 0 Å². The first-order chi connectivity index (χ1) is 36.2. The number of hydrogen-bond acceptors (Lipinski definition) is 4. The smallest absolute Gasteiger partial charge is 0.0640 e. The van der Waals surface area contributed by atoms with Crippen LogP contribution >= 0.6 is 22.7 Å². The average molecular weight is 985 g/mol. The van der Waals surface area contributed by atoms with Crippen LogP contribution in [0.3, 0.4) is 0 Å². The summed E-state index contributed by atoms with van der Waals surface area (Å²) in [5.74, 6) is 0. The minimum absolute atomic E-state index is 0.0290. The summed E-state index contributed by atoms with van der Waals surface area (Å²) in [6.45, 7) is 11.4. The maximum atomic E-state index is 2.61. The minimum atomic E-state index is -0.0290. The van der Waals surface area contributed by atoms with Crippen LogP contribution in [0.25, 0.3) is 94.9 Å². The van der Waals surface area contributed by atoms with Crippen molar-refractivity contribution in [3.05, 3.63) is 241 Å². The van der Waals surface area contributed by atoms with Crippen LogP contribution in [0.1, 0.15) is 37.5 Å². The van der Waals surface area contributed by atoms with Gasteiger partial charge in [0.15, 0.2) is 0 Å². The Morgan fingerprint density at radius 2 is 0.757 bits per heavy atom. The van der Waals surface area contributed by atoms with Crippen molar-refractivity contribution >= 4 is 129 Å². The van der Waals surface area contributed by atoms with Gasteiger partial charge in [0, 0.05) is 58.2 Å². The SMILES string of the molecule is Cc1ccc(N(c2cc(N(c3ccc(C)cc3-c3ccccc3)c3cccc4c3sc3ccccc34)c3ccc4cc(C(C)(C)C)cc5ccc2c3c54)c2cccc3c2sc2ccccc23)c(-c2ccccc2)c1. The number of anilines is 6. The second kappa shape index (κ2) is 17.2. The molecule has 0 unspecified atom stereocenters. The average Bonchev–Trinajstić information content (AvgIpc) is 4.08. The first kappa shape index (κ1) is 44.4. The van der Waals surface area contributed by atoms with Gasteiger partial charge in [0.2, 0.25) is 0 Å². The molecule has 4 heteroatoms. The third-order valence-electron chi connectivity index (χ3n) is 15.2. The van der Waals surface area contributed by atoms with Crippen molar-refractivity contribution < 1.29 is 0 Å². The summed E-state index contributed by atoms with van der Waals surface area (Å²) in [5.41, 5.74) is 15.3. The number of benzene rings is 12. The van der Waals surface area contributed by atoms with Crippen molar-refractivity contribution in [3.63, 3.8) is 0 Å². The molecule has 0 aliphatic carbocycles. The molecule has 0 fully saturated rings. The van der Waals surface area contributed by atoms with Gasteiger partial charge >= 0.3 is 0 Å². The van der Waals surface area contributed by atoms with Crippen LogP contribution in [0, 0.1) is 13.8 Å². The molecule has 0 aliphatic heterocycles. The van der Waals surface area contributed by atoms with Gasteiger partial charge < -0.3 is 9.80 Å². The molecule has 0 amide bonds. The molecule has 0 saturated carbocycles. The highest BCUT2D eigenvalue weighted by atomic mass is 32.1. The zero-order valence-electron chi connectivity index (χ0n) is 42.1. The predicted octanol–water partition coefficient (Wildman–Crippen LogP) is 21.5. The number of fused-ring (bicyclic) bond motifs is 6. The highest BCUT2D eigenvalue weighted by Crippen LogP contribution is 2.56. The Labute approximate surface area is 440 Å². The molecule has 0 aliphatic rings. The lowest BCUT2D eigenvalue weighted by molar-refractivity contribution is 0.591. The van der Waals surface area contributed by atoms with Crippen LogP contribution in [0.5, 0.6) is 0 Å². The van der Waals surface area contributed by atoms with E-state index in [1.54, 1.807) is 0 Å². The lowest BCUT2D eigenvalue weighted by Gasteiger charge is -2.34. The molecule has 0 atom stereocenters. The Morgan fingerprint density at radius 1 is 0.324 bits per heavy atom. The molecule has 74 heavy (non-hydrogen) atoms. The van der Waals surface area contributed by atoms with E-state index in [4.69, 9.17) is 0 Å². The fourth-order valence-corrected chi connectivity index (χ4v) is 14.1. The zero-order chi connectivity index (χ0) is 49.8. The Bertz CT molecular complexity index is 4220. The first-order valence-corrected chi connectivity index (χ1v) is 27.3. The third kappa shape index (κ3) is 7.11. The maximum Gasteiger partial charge on any atom is 0.0640 e. The van der Waals surface area contributed by atoms with E-state index in [0.29, 0.717) is 0 Å². The standard InChI is InChI=1S/C70H52N2S2/c1-43-30-36-58(56(38-43)45-18-8-6-9-19-45)71(60-26-16-24-52-50-22-12-14-28-64(50)73-68(52)60)62-42-63(55-35-33-48-41-49(70(3,4)5)40-47-32-34-54(62)67(55)66(47)48)72(59-37-31-44(2)39-57(59)46-20-10-7-11-21-46)61-27-17-25-53-51-23-13-15-29-65(51)74-69(53)61/h6-42H,1-5H3. The summed E-state index contributed by atoms with van der Waals surface area (Å²) in [7, 11) is 0. The number of rotatable bonds is 8. The van der Waals surface area contributed by atoms with Crippen molar-refractivity contribution in [1.82, 2.24) is 0 Å². The molecule has 14 aromatic rings. The quantitative estimate of drug-likeness (QED) is 0.140. The minimum Gasteiger partial charge on any atom is -0.308 e. The zero-order valence-corrected chi connectivity index (χ0v) is 43.7. The molecule has 2 nitrogen and oxygen atoms in total. The van der Waals surface area contributed by atoms with Gasteiger partial charge in [0.05, 0.1) is 43.5 Å². The van der Waals surface area contributed by atoms with Crippen molar-refractivity contribution in [2.75, 3.05) is 9.80 Å². The summed E-state index contributed by atoms with van der Waals surface area (Å²) in [6.07, 6.45) is 0. The van der Waals surface area contributed by atoms with Gasteiger partial charge in [-0.15, -0.1) is 22.7 Å². The van der Waals surface area contributed by atoms with E-state index < -0.39 is 0 Å². The van der Waals surface area contributed by atoms with Crippen LogP contribution in [-0.4, -0.2) is 0 Å². The van der Waals surface area contributed by atoms with E-state index in [9.17, 15) is 0 Å². The Hall–Kier alpha value is -8.28.